The summed E-state index contributed by atoms with van der Waals surface area (Å²) in [5, 5.41) is 2.97. The number of pyridine rings is 1. The topological polar surface area (TPSA) is 68.0 Å². The average Bonchev–Trinajstić information content (AvgIpc) is 2.29. The summed E-state index contributed by atoms with van der Waals surface area (Å²) < 4.78 is 0. The summed E-state index contributed by atoms with van der Waals surface area (Å²) in [6, 6.07) is 3.60. The highest BCUT2D eigenvalue weighted by Crippen LogP contribution is 2.15. The molecule has 0 radical (unpaired) electrons. The van der Waals surface area contributed by atoms with Gasteiger partial charge in [-0.05, 0) is 31.9 Å². The zero-order valence-electron chi connectivity index (χ0n) is 11.8. The highest BCUT2D eigenvalue weighted by atomic mass is 35.5. The van der Waals surface area contributed by atoms with Gasteiger partial charge in [-0.2, -0.15) is 0 Å². The van der Waals surface area contributed by atoms with Crippen LogP contribution in [0, 0.1) is 12.8 Å². The standard InChI is InChI=1S/C13H21N3O.2ClH/c1-9(2)13(4,8-14)16-12(17)11-6-5-10(3)15-7-11;;/h5-7,9H,8,14H2,1-4H3,(H,16,17);2*1H. The lowest BCUT2D eigenvalue weighted by molar-refractivity contribution is 0.0883. The van der Waals surface area contributed by atoms with Crippen molar-refractivity contribution in [3.63, 3.8) is 0 Å². The van der Waals surface area contributed by atoms with Gasteiger partial charge < -0.3 is 11.1 Å². The van der Waals surface area contributed by atoms with Gasteiger partial charge in [-0.15, -0.1) is 24.8 Å². The predicted octanol–water partition coefficient (Wildman–Crippen LogP) is 2.34. The molecule has 0 aliphatic rings. The van der Waals surface area contributed by atoms with Crippen molar-refractivity contribution < 1.29 is 4.79 Å². The van der Waals surface area contributed by atoms with Gasteiger partial charge in [0.05, 0.1) is 11.1 Å². The van der Waals surface area contributed by atoms with Gasteiger partial charge in [0, 0.05) is 18.4 Å². The van der Waals surface area contributed by atoms with Gasteiger partial charge in [0.2, 0.25) is 0 Å². The summed E-state index contributed by atoms with van der Waals surface area (Å²) in [5.41, 5.74) is 6.80. The Morgan fingerprint density at radius 1 is 1.42 bits per heavy atom. The Balaban J connectivity index is 0. The minimum absolute atomic E-state index is 0. The number of rotatable bonds is 4. The lowest BCUT2D eigenvalue weighted by Crippen LogP contribution is -2.55. The third-order valence-corrected chi connectivity index (χ3v) is 3.27. The number of nitrogens with one attached hydrogen (secondary N) is 1. The highest BCUT2D eigenvalue weighted by Gasteiger charge is 2.28. The first kappa shape index (κ1) is 20.5. The number of aromatic nitrogens is 1. The molecule has 1 unspecified atom stereocenters. The van der Waals surface area contributed by atoms with Crippen molar-refractivity contribution in [2.45, 2.75) is 33.2 Å². The molecule has 0 saturated heterocycles. The van der Waals surface area contributed by atoms with Crippen LogP contribution in [0.2, 0.25) is 0 Å². The van der Waals surface area contributed by atoms with Crippen LogP contribution in [-0.4, -0.2) is 23.0 Å². The predicted molar refractivity (Wildman–Crippen MR) is 83.2 cm³/mol. The average molecular weight is 308 g/mol. The van der Waals surface area contributed by atoms with E-state index in [1.807, 2.05) is 33.8 Å². The molecular formula is C13H23Cl2N3O. The molecule has 1 aromatic rings. The summed E-state index contributed by atoms with van der Waals surface area (Å²) in [7, 11) is 0. The van der Waals surface area contributed by atoms with E-state index in [0.29, 0.717) is 12.1 Å². The van der Waals surface area contributed by atoms with E-state index in [0.717, 1.165) is 5.69 Å². The lowest BCUT2D eigenvalue weighted by Gasteiger charge is -2.33. The number of nitrogens with two attached hydrogens (primary N) is 1. The minimum atomic E-state index is -0.387. The molecule has 0 spiro atoms. The molecule has 1 aromatic heterocycles. The Kier molecular flexibility index (Phi) is 9.00. The second-order valence-corrected chi connectivity index (χ2v) is 4.92. The molecular weight excluding hydrogens is 285 g/mol. The molecule has 110 valence electrons. The van der Waals surface area contributed by atoms with Gasteiger partial charge >= 0.3 is 0 Å². The van der Waals surface area contributed by atoms with Crippen molar-refractivity contribution in [3.05, 3.63) is 29.6 Å². The molecule has 0 saturated carbocycles. The van der Waals surface area contributed by atoms with Crippen LogP contribution in [-0.2, 0) is 0 Å². The summed E-state index contributed by atoms with van der Waals surface area (Å²) in [6.45, 7) is 8.34. The number of aryl methyl sites for hydroxylation is 1. The van der Waals surface area contributed by atoms with E-state index < -0.39 is 0 Å². The van der Waals surface area contributed by atoms with Crippen molar-refractivity contribution in [1.29, 1.82) is 0 Å². The van der Waals surface area contributed by atoms with Gasteiger partial charge in [0.25, 0.3) is 5.91 Å². The molecule has 0 fully saturated rings. The van der Waals surface area contributed by atoms with Crippen LogP contribution in [0.3, 0.4) is 0 Å². The number of hydrogen-bond acceptors (Lipinski definition) is 3. The smallest absolute Gasteiger partial charge is 0.253 e. The number of amides is 1. The zero-order valence-corrected chi connectivity index (χ0v) is 13.4. The van der Waals surface area contributed by atoms with Crippen LogP contribution in [0.1, 0.15) is 36.8 Å². The fourth-order valence-electron chi connectivity index (χ4n) is 1.36. The molecule has 6 heteroatoms. The summed E-state index contributed by atoms with van der Waals surface area (Å²) in [4.78, 5) is 16.1. The summed E-state index contributed by atoms with van der Waals surface area (Å²) in [6.07, 6.45) is 1.59. The SMILES string of the molecule is Cc1ccc(C(=O)NC(C)(CN)C(C)C)cn1.Cl.Cl. The van der Waals surface area contributed by atoms with Gasteiger partial charge in [0.15, 0.2) is 0 Å². The quantitative estimate of drug-likeness (QED) is 0.897. The van der Waals surface area contributed by atoms with Gasteiger partial charge in [-0.25, -0.2) is 0 Å². The van der Waals surface area contributed by atoms with Crippen molar-refractivity contribution in [2.24, 2.45) is 11.7 Å². The van der Waals surface area contributed by atoms with E-state index in [2.05, 4.69) is 10.3 Å². The van der Waals surface area contributed by atoms with E-state index in [4.69, 9.17) is 5.73 Å². The molecule has 3 N–H and O–H groups in total. The molecule has 0 aliphatic carbocycles. The van der Waals surface area contributed by atoms with Gasteiger partial charge in [-0.3, -0.25) is 9.78 Å². The van der Waals surface area contributed by atoms with E-state index >= 15 is 0 Å². The van der Waals surface area contributed by atoms with Crippen molar-refractivity contribution >= 4 is 30.7 Å². The maximum Gasteiger partial charge on any atom is 0.253 e. The van der Waals surface area contributed by atoms with Crippen LogP contribution in [0.5, 0.6) is 0 Å². The maximum atomic E-state index is 12.0. The zero-order chi connectivity index (χ0) is 13.1. The number of nitrogens with zero attached hydrogens (tertiary/aromatic N) is 1. The van der Waals surface area contributed by atoms with Crippen molar-refractivity contribution in [3.8, 4) is 0 Å². The molecule has 1 rings (SSSR count). The Morgan fingerprint density at radius 2 is 2.00 bits per heavy atom. The normalized spacial score (nSPS) is 12.9. The maximum absolute atomic E-state index is 12.0. The Bertz CT molecular complexity index is 395. The number of carbonyl (C=O) groups is 1. The van der Waals surface area contributed by atoms with E-state index in [1.54, 1.807) is 12.3 Å². The Morgan fingerprint density at radius 3 is 2.37 bits per heavy atom. The molecule has 0 aromatic carbocycles. The van der Waals surface area contributed by atoms with Crippen molar-refractivity contribution in [1.82, 2.24) is 10.3 Å². The molecule has 4 nitrogen and oxygen atoms in total. The van der Waals surface area contributed by atoms with E-state index in [1.165, 1.54) is 0 Å². The first-order valence-electron chi connectivity index (χ1n) is 5.84. The van der Waals surface area contributed by atoms with Crippen LogP contribution >= 0.6 is 24.8 Å². The molecule has 1 amide bonds. The van der Waals surface area contributed by atoms with Gasteiger partial charge in [-0.1, -0.05) is 13.8 Å². The minimum Gasteiger partial charge on any atom is -0.345 e. The number of halogens is 2. The number of hydrogen-bond donors (Lipinski definition) is 2. The Labute approximate surface area is 127 Å². The van der Waals surface area contributed by atoms with Gasteiger partial charge in [0.1, 0.15) is 0 Å². The Hall–Kier alpha value is -0.840. The fourth-order valence-corrected chi connectivity index (χ4v) is 1.36. The molecule has 1 atom stereocenters. The second kappa shape index (κ2) is 8.35. The summed E-state index contributed by atoms with van der Waals surface area (Å²) >= 11 is 0. The van der Waals surface area contributed by atoms with Crippen molar-refractivity contribution in [2.75, 3.05) is 6.54 Å². The fraction of sp³-hybridized carbons (Fsp3) is 0.538. The molecule has 1 heterocycles. The largest absolute Gasteiger partial charge is 0.345 e. The monoisotopic (exact) mass is 307 g/mol. The second-order valence-electron chi connectivity index (χ2n) is 4.92. The van der Waals surface area contributed by atoms with Crippen LogP contribution in [0.25, 0.3) is 0 Å². The molecule has 0 bridgehead atoms. The molecule has 0 aliphatic heterocycles. The van der Waals surface area contributed by atoms with Crippen LogP contribution < -0.4 is 11.1 Å². The first-order valence-corrected chi connectivity index (χ1v) is 5.84. The third kappa shape index (κ3) is 5.35. The first-order chi connectivity index (χ1) is 7.89. The van der Waals surface area contributed by atoms with Crippen LogP contribution in [0.15, 0.2) is 18.3 Å². The van der Waals surface area contributed by atoms with Crippen LogP contribution in [0.4, 0.5) is 0 Å². The number of carbonyl (C=O) groups excluding carboxylic acids is 1. The van der Waals surface area contributed by atoms with E-state index in [-0.39, 0.29) is 42.2 Å². The third-order valence-electron chi connectivity index (χ3n) is 3.27. The lowest BCUT2D eigenvalue weighted by atomic mass is 9.88. The highest BCUT2D eigenvalue weighted by molar-refractivity contribution is 5.94. The summed E-state index contributed by atoms with van der Waals surface area (Å²) in [5.74, 6) is 0.147. The molecule has 19 heavy (non-hydrogen) atoms. The van der Waals surface area contributed by atoms with E-state index in [9.17, 15) is 4.79 Å².